The van der Waals surface area contributed by atoms with Crippen LogP contribution < -0.4 is 0 Å². The Labute approximate surface area is 151 Å². The van der Waals surface area contributed by atoms with E-state index in [9.17, 15) is 9.59 Å². The van der Waals surface area contributed by atoms with Crippen molar-refractivity contribution < 1.29 is 14.3 Å². The lowest BCUT2D eigenvalue weighted by Crippen LogP contribution is -1.98. The van der Waals surface area contributed by atoms with Crippen LogP contribution in [0.3, 0.4) is 0 Å². The van der Waals surface area contributed by atoms with E-state index in [1.54, 1.807) is 12.1 Å². The van der Waals surface area contributed by atoms with Crippen LogP contribution in [0.4, 0.5) is 0 Å². The third-order valence-electron chi connectivity index (χ3n) is 4.74. The highest BCUT2D eigenvalue weighted by Gasteiger charge is 2.31. The van der Waals surface area contributed by atoms with Gasteiger partial charge in [0.2, 0.25) is 0 Å². The molecule has 3 rings (SSSR count). The summed E-state index contributed by atoms with van der Waals surface area (Å²) in [5.41, 5.74) is 0.851. The van der Waals surface area contributed by atoms with Crippen molar-refractivity contribution in [3.8, 4) is 12.3 Å². The fourth-order valence-electron chi connectivity index (χ4n) is 3.05. The van der Waals surface area contributed by atoms with E-state index in [0.29, 0.717) is 5.56 Å². The summed E-state index contributed by atoms with van der Waals surface area (Å²) in [6, 6.07) is 4.73. The first-order valence-corrected chi connectivity index (χ1v) is 9.53. The van der Waals surface area contributed by atoms with E-state index in [2.05, 4.69) is 17.6 Å². The van der Waals surface area contributed by atoms with Crippen LogP contribution in [0, 0.1) is 18.3 Å². The molecule has 1 aromatic rings. The number of hydrogen-bond acceptors (Lipinski definition) is 3. The molecule has 1 aliphatic carbocycles. The Morgan fingerprint density at radius 3 is 2.36 bits per heavy atom. The minimum atomic E-state index is -0.659. The maximum atomic E-state index is 11.1. The third kappa shape index (κ3) is 6.05. The molecule has 2 aliphatic rings. The SMILES string of the molecule is C#Cc1cccc2c1C(=O)OC2=O.CCCCCCCCCC1CC1. The summed E-state index contributed by atoms with van der Waals surface area (Å²) in [5, 5.41) is 0. The topological polar surface area (TPSA) is 43.4 Å². The predicted molar refractivity (Wildman–Crippen MR) is 99.5 cm³/mol. The highest BCUT2D eigenvalue weighted by molar-refractivity contribution is 6.15. The van der Waals surface area contributed by atoms with Crippen molar-refractivity contribution in [3.63, 3.8) is 0 Å². The average molecular weight is 340 g/mol. The van der Waals surface area contributed by atoms with Gasteiger partial charge in [-0.3, -0.25) is 0 Å². The summed E-state index contributed by atoms with van der Waals surface area (Å²) in [6.45, 7) is 2.28. The van der Waals surface area contributed by atoms with Crippen molar-refractivity contribution in [2.75, 3.05) is 0 Å². The van der Waals surface area contributed by atoms with Gasteiger partial charge in [-0.15, -0.1) is 6.42 Å². The predicted octanol–water partition coefficient (Wildman–Crippen LogP) is 5.52. The number of unbranched alkanes of at least 4 members (excludes halogenated alkanes) is 6. The van der Waals surface area contributed by atoms with Crippen molar-refractivity contribution in [1.82, 2.24) is 0 Å². The van der Waals surface area contributed by atoms with Crippen molar-refractivity contribution in [3.05, 3.63) is 34.9 Å². The van der Waals surface area contributed by atoms with E-state index in [4.69, 9.17) is 6.42 Å². The number of carbonyl (C=O) groups excluding carboxylic acids is 2. The zero-order valence-electron chi connectivity index (χ0n) is 15.2. The van der Waals surface area contributed by atoms with Crippen LogP contribution in [-0.4, -0.2) is 11.9 Å². The molecular formula is C22H28O3. The van der Waals surface area contributed by atoms with E-state index < -0.39 is 11.9 Å². The molecule has 25 heavy (non-hydrogen) atoms. The molecule has 0 bridgehead atoms. The number of carbonyl (C=O) groups is 2. The quantitative estimate of drug-likeness (QED) is 0.271. The van der Waals surface area contributed by atoms with E-state index >= 15 is 0 Å². The number of cyclic esters (lactones) is 2. The van der Waals surface area contributed by atoms with E-state index in [1.165, 1.54) is 70.3 Å². The monoisotopic (exact) mass is 340 g/mol. The van der Waals surface area contributed by atoms with Crippen LogP contribution >= 0.6 is 0 Å². The Bertz CT molecular complexity index is 635. The van der Waals surface area contributed by atoms with E-state index in [-0.39, 0.29) is 11.1 Å². The summed E-state index contributed by atoms with van der Waals surface area (Å²) in [5.74, 6) is 2.19. The summed E-state index contributed by atoms with van der Waals surface area (Å²) < 4.78 is 4.40. The Hall–Kier alpha value is -2.08. The molecule has 1 fully saturated rings. The van der Waals surface area contributed by atoms with Crippen LogP contribution in [0.15, 0.2) is 18.2 Å². The highest BCUT2D eigenvalue weighted by atomic mass is 16.6. The minimum absolute atomic E-state index is 0.204. The number of benzene rings is 1. The van der Waals surface area contributed by atoms with Crippen LogP contribution in [0.2, 0.25) is 0 Å². The van der Waals surface area contributed by atoms with Crippen LogP contribution in [0.25, 0.3) is 0 Å². The molecule has 0 atom stereocenters. The van der Waals surface area contributed by atoms with Crippen molar-refractivity contribution >= 4 is 11.9 Å². The molecule has 0 amide bonds. The average Bonchev–Trinajstić information content (AvgIpc) is 3.40. The second-order valence-electron chi connectivity index (χ2n) is 6.90. The molecule has 0 unspecified atom stereocenters. The van der Waals surface area contributed by atoms with Gasteiger partial charge in [0.25, 0.3) is 0 Å². The Balaban J connectivity index is 0.000000181. The van der Waals surface area contributed by atoms with Gasteiger partial charge >= 0.3 is 11.9 Å². The first kappa shape index (κ1) is 19.2. The summed E-state index contributed by atoms with van der Waals surface area (Å²) >= 11 is 0. The fraction of sp³-hybridized carbons (Fsp3) is 0.545. The Kier molecular flexibility index (Phi) is 7.73. The number of hydrogen-bond donors (Lipinski definition) is 0. The molecule has 1 saturated carbocycles. The van der Waals surface area contributed by atoms with E-state index in [1.807, 2.05) is 0 Å². The smallest absolute Gasteiger partial charge is 0.348 e. The molecule has 1 aliphatic heterocycles. The van der Waals surface area contributed by atoms with Gasteiger partial charge in [-0.05, 0) is 18.1 Å². The van der Waals surface area contributed by atoms with Crippen LogP contribution in [-0.2, 0) is 4.74 Å². The van der Waals surface area contributed by atoms with Gasteiger partial charge in [0, 0.05) is 5.56 Å². The van der Waals surface area contributed by atoms with Crippen LogP contribution in [0.5, 0.6) is 0 Å². The summed E-state index contributed by atoms with van der Waals surface area (Å²) in [7, 11) is 0. The lowest BCUT2D eigenvalue weighted by Gasteiger charge is -1.99. The minimum Gasteiger partial charge on any atom is -0.386 e. The van der Waals surface area contributed by atoms with Gasteiger partial charge in [-0.2, -0.15) is 0 Å². The number of fused-ring (bicyclic) bond motifs is 1. The number of terminal acetylenes is 1. The third-order valence-corrected chi connectivity index (χ3v) is 4.74. The van der Waals surface area contributed by atoms with Crippen molar-refractivity contribution in [1.29, 1.82) is 0 Å². The molecule has 0 saturated heterocycles. The molecule has 3 heteroatoms. The van der Waals surface area contributed by atoms with E-state index in [0.717, 1.165) is 5.92 Å². The molecule has 1 heterocycles. The van der Waals surface area contributed by atoms with Crippen molar-refractivity contribution in [2.45, 2.75) is 71.1 Å². The van der Waals surface area contributed by atoms with Crippen LogP contribution in [0.1, 0.15) is 97.4 Å². The molecule has 1 aromatic carbocycles. The molecule has 0 spiro atoms. The zero-order valence-corrected chi connectivity index (χ0v) is 15.2. The lowest BCUT2D eigenvalue weighted by atomic mass is 10.0. The number of rotatable bonds is 8. The molecule has 0 N–H and O–H groups in total. The molecule has 0 radical (unpaired) electrons. The van der Waals surface area contributed by atoms with Gasteiger partial charge < -0.3 is 4.74 Å². The standard InChI is InChI=1S/C12H24.C10H4O3/c1-2-3-4-5-6-7-8-9-12-10-11-12;1-2-6-4-3-5-7-8(6)10(12)13-9(7)11/h12H,2-11H2,1H3;1,3-5H. The molecule has 3 nitrogen and oxygen atoms in total. The summed E-state index contributed by atoms with van der Waals surface area (Å²) in [6.07, 6.45) is 20.1. The fourth-order valence-corrected chi connectivity index (χ4v) is 3.05. The van der Waals surface area contributed by atoms with Gasteiger partial charge in [-0.1, -0.05) is 83.1 Å². The zero-order chi connectivity index (χ0) is 18.1. The normalized spacial score (nSPS) is 15.0. The molecule has 0 aromatic heterocycles. The first-order valence-electron chi connectivity index (χ1n) is 9.53. The van der Waals surface area contributed by atoms with Crippen molar-refractivity contribution in [2.24, 2.45) is 5.92 Å². The largest absolute Gasteiger partial charge is 0.386 e. The Morgan fingerprint density at radius 2 is 1.72 bits per heavy atom. The van der Waals surface area contributed by atoms with Gasteiger partial charge in [0.05, 0.1) is 11.1 Å². The summed E-state index contributed by atoms with van der Waals surface area (Å²) in [4.78, 5) is 22.1. The number of esters is 2. The number of ether oxygens (including phenoxy) is 1. The Morgan fingerprint density at radius 1 is 1.04 bits per heavy atom. The second-order valence-corrected chi connectivity index (χ2v) is 6.90. The lowest BCUT2D eigenvalue weighted by molar-refractivity contribution is 0.0443. The maximum absolute atomic E-state index is 11.1. The first-order chi connectivity index (χ1) is 12.2. The highest BCUT2D eigenvalue weighted by Crippen LogP contribution is 2.34. The van der Waals surface area contributed by atoms with Gasteiger partial charge in [0.1, 0.15) is 0 Å². The molecule has 134 valence electrons. The second kappa shape index (κ2) is 10.0. The van der Waals surface area contributed by atoms with Gasteiger partial charge in [0.15, 0.2) is 0 Å². The molecular weight excluding hydrogens is 312 g/mol. The van der Waals surface area contributed by atoms with Gasteiger partial charge in [-0.25, -0.2) is 9.59 Å². The maximum Gasteiger partial charge on any atom is 0.348 e.